The van der Waals surface area contributed by atoms with Crippen molar-refractivity contribution in [1.29, 1.82) is 0 Å². The van der Waals surface area contributed by atoms with Gasteiger partial charge in [0.25, 0.3) is 0 Å². The van der Waals surface area contributed by atoms with Gasteiger partial charge in [-0.1, -0.05) is 231 Å². The minimum absolute atomic E-state index is 0.359. The van der Waals surface area contributed by atoms with Gasteiger partial charge >= 0.3 is 0 Å². The van der Waals surface area contributed by atoms with Gasteiger partial charge in [0.05, 0.1) is 0 Å². The average molecular weight is 898 g/mol. The largest absolute Gasteiger partial charge is 0.344 e. The molecule has 1 aliphatic rings. The molecule has 0 aliphatic carbocycles. The molecule has 1 aromatic heterocycles. The molecule has 4 heteroatoms. The minimum Gasteiger partial charge on any atom is -0.344 e. The maximum Gasteiger partial charge on any atom is 0.159 e. The van der Waals surface area contributed by atoms with E-state index in [1.807, 2.05) is 23.5 Å². The summed E-state index contributed by atoms with van der Waals surface area (Å²) in [5.74, 6) is 1.48. The lowest BCUT2D eigenvalue weighted by molar-refractivity contribution is 0.674. The zero-order valence-electron chi connectivity index (χ0n) is 37.6. The average Bonchev–Trinajstić information content (AvgIpc) is 3.84. The zero-order chi connectivity index (χ0) is 45.7. The molecule has 1 unspecified atom stereocenters. The van der Waals surface area contributed by atoms with Gasteiger partial charge in [-0.05, 0) is 95.6 Å². The smallest absolute Gasteiger partial charge is 0.159 e. The SMILES string of the molecule is c1ccc(-c2ccc(C3=NC(c4cccc(-c5cccc(-c6cccc(-c7cccc8c7sc7c9ccccc9c9ccccc9c87)c6)c5)c4)NC(c4ccc(-c5ccccc5)cc4)=N3)cc2)cc1. The summed E-state index contributed by atoms with van der Waals surface area (Å²) in [5.41, 5.74) is 14.8. The highest BCUT2D eigenvalue weighted by atomic mass is 32.1. The Balaban J connectivity index is 0.842. The number of aliphatic imine (C=N–C) groups is 2. The van der Waals surface area contributed by atoms with E-state index in [-0.39, 0.29) is 6.17 Å². The molecule has 0 amide bonds. The Hall–Kier alpha value is -8.70. The summed E-state index contributed by atoms with van der Waals surface area (Å²) < 4.78 is 2.67. The molecule has 0 saturated carbocycles. The van der Waals surface area contributed by atoms with Gasteiger partial charge < -0.3 is 5.32 Å². The van der Waals surface area contributed by atoms with Crippen LogP contribution < -0.4 is 5.32 Å². The molecule has 0 radical (unpaired) electrons. The summed E-state index contributed by atoms with van der Waals surface area (Å²) in [6.45, 7) is 0. The van der Waals surface area contributed by atoms with Gasteiger partial charge in [-0.3, -0.25) is 0 Å². The highest BCUT2D eigenvalue weighted by Crippen LogP contribution is 2.47. The van der Waals surface area contributed by atoms with Crippen molar-refractivity contribution in [3.8, 4) is 55.6 Å². The van der Waals surface area contributed by atoms with E-state index in [0.29, 0.717) is 5.84 Å². The van der Waals surface area contributed by atoms with E-state index >= 15 is 0 Å². The van der Waals surface area contributed by atoms with E-state index in [1.54, 1.807) is 0 Å². The Morgan fingerprint density at radius 2 is 0.768 bits per heavy atom. The van der Waals surface area contributed by atoms with Crippen molar-refractivity contribution >= 4 is 64.7 Å². The first-order valence-electron chi connectivity index (χ1n) is 23.5. The maximum atomic E-state index is 5.29. The van der Waals surface area contributed by atoms with Gasteiger partial charge in [0.15, 0.2) is 5.84 Å². The van der Waals surface area contributed by atoms with Gasteiger partial charge in [0.2, 0.25) is 0 Å². The van der Waals surface area contributed by atoms with Gasteiger partial charge in [-0.2, -0.15) is 0 Å². The fourth-order valence-corrected chi connectivity index (χ4v) is 11.5. The third kappa shape index (κ3) is 7.48. The molecular formula is C65H43N3S. The number of rotatable bonds is 8. The van der Waals surface area contributed by atoms with Crippen molar-refractivity contribution in [2.75, 3.05) is 0 Å². The quantitative estimate of drug-likeness (QED) is 0.152. The van der Waals surface area contributed by atoms with Crippen LogP contribution in [0.2, 0.25) is 0 Å². The molecular weight excluding hydrogens is 855 g/mol. The first-order chi connectivity index (χ1) is 34.2. The molecule has 1 N–H and O–H groups in total. The van der Waals surface area contributed by atoms with Crippen LogP contribution >= 0.6 is 11.3 Å². The zero-order valence-corrected chi connectivity index (χ0v) is 38.4. The highest BCUT2D eigenvalue weighted by Gasteiger charge is 2.22. The van der Waals surface area contributed by atoms with Crippen LogP contribution in [0.1, 0.15) is 22.9 Å². The molecule has 0 bridgehead atoms. The van der Waals surface area contributed by atoms with Crippen LogP contribution in [0.5, 0.6) is 0 Å². The van der Waals surface area contributed by atoms with Crippen LogP contribution in [0.3, 0.4) is 0 Å². The topological polar surface area (TPSA) is 36.8 Å². The van der Waals surface area contributed by atoms with Gasteiger partial charge in [-0.25, -0.2) is 9.98 Å². The molecule has 324 valence electrons. The van der Waals surface area contributed by atoms with Crippen molar-refractivity contribution in [3.63, 3.8) is 0 Å². The molecule has 3 nitrogen and oxygen atoms in total. The molecule has 1 atom stereocenters. The molecule has 11 aromatic carbocycles. The van der Waals surface area contributed by atoms with Gasteiger partial charge in [0.1, 0.15) is 12.0 Å². The number of hydrogen-bond acceptors (Lipinski definition) is 4. The first kappa shape index (κ1) is 40.6. The number of amidine groups is 2. The minimum atomic E-state index is -0.359. The highest BCUT2D eigenvalue weighted by molar-refractivity contribution is 7.27. The Morgan fingerprint density at radius 3 is 1.42 bits per heavy atom. The number of fused-ring (bicyclic) bond motifs is 8. The summed E-state index contributed by atoms with van der Waals surface area (Å²) in [6.07, 6.45) is -0.359. The molecule has 0 spiro atoms. The van der Waals surface area contributed by atoms with Crippen molar-refractivity contribution in [3.05, 3.63) is 265 Å². The van der Waals surface area contributed by atoms with E-state index in [4.69, 9.17) is 9.98 Å². The van der Waals surface area contributed by atoms with Gasteiger partial charge in [-0.15, -0.1) is 11.3 Å². The van der Waals surface area contributed by atoms with Crippen LogP contribution in [0.15, 0.2) is 259 Å². The van der Waals surface area contributed by atoms with Crippen LogP contribution in [0.25, 0.3) is 97.4 Å². The van der Waals surface area contributed by atoms with Crippen molar-refractivity contribution in [1.82, 2.24) is 5.32 Å². The fraction of sp³-hybridized carbons (Fsp3) is 0.0154. The predicted octanol–water partition coefficient (Wildman–Crippen LogP) is 17.2. The summed E-state index contributed by atoms with van der Waals surface area (Å²) >= 11 is 1.92. The monoisotopic (exact) mass is 897 g/mol. The molecule has 1 aliphatic heterocycles. The third-order valence-electron chi connectivity index (χ3n) is 13.5. The van der Waals surface area contributed by atoms with Crippen molar-refractivity contribution in [2.24, 2.45) is 9.98 Å². The fourth-order valence-electron chi connectivity index (χ4n) is 10.1. The Bertz CT molecular complexity index is 3960. The summed E-state index contributed by atoms with van der Waals surface area (Å²) in [4.78, 5) is 10.5. The van der Waals surface area contributed by atoms with E-state index < -0.39 is 0 Å². The second kappa shape index (κ2) is 17.2. The lowest BCUT2D eigenvalue weighted by Gasteiger charge is -2.24. The summed E-state index contributed by atoms with van der Waals surface area (Å²) in [6, 6.07) is 89.4. The number of hydrogen-bond donors (Lipinski definition) is 1. The maximum absolute atomic E-state index is 5.29. The molecule has 69 heavy (non-hydrogen) atoms. The lowest BCUT2D eigenvalue weighted by atomic mass is 9.94. The molecule has 0 fully saturated rings. The standard InChI is InChI=1S/C65H43N3S/c1-3-15-42(16-4-1)44-31-35-46(36-32-44)63-66-64(47-37-33-45(34-38-47)43-17-5-2-6-18-43)68-65(67-63)53-24-13-22-51(41-53)49-20-11-19-48(39-49)50-21-12-23-52(40-50)54-29-14-30-59-60-57-27-9-7-25-55(57)56-26-8-10-28-58(56)62(60)69-61(54)59/h1-41,65H,(H,66,67,68). The number of benzene rings is 11. The summed E-state index contributed by atoms with van der Waals surface area (Å²) in [5, 5.41) is 11.6. The van der Waals surface area contributed by atoms with E-state index in [0.717, 1.165) is 44.8 Å². The number of nitrogens with one attached hydrogen (secondary N) is 1. The molecule has 0 saturated heterocycles. The Labute approximate surface area is 405 Å². The van der Waals surface area contributed by atoms with Crippen LogP contribution in [-0.4, -0.2) is 11.7 Å². The lowest BCUT2D eigenvalue weighted by Crippen LogP contribution is -2.33. The molecule has 13 rings (SSSR count). The number of thiophene rings is 1. The molecule has 2 heterocycles. The van der Waals surface area contributed by atoms with E-state index in [9.17, 15) is 0 Å². The van der Waals surface area contributed by atoms with Gasteiger partial charge in [0, 0.05) is 36.7 Å². The predicted molar refractivity (Wildman–Crippen MR) is 293 cm³/mol. The van der Waals surface area contributed by atoms with Crippen molar-refractivity contribution in [2.45, 2.75) is 6.17 Å². The van der Waals surface area contributed by atoms with E-state index in [2.05, 4.69) is 242 Å². The summed E-state index contributed by atoms with van der Waals surface area (Å²) in [7, 11) is 0. The van der Waals surface area contributed by atoms with Crippen LogP contribution in [0, 0.1) is 0 Å². The third-order valence-corrected chi connectivity index (χ3v) is 14.8. The van der Waals surface area contributed by atoms with Crippen LogP contribution in [-0.2, 0) is 0 Å². The second-order valence-electron chi connectivity index (χ2n) is 17.7. The Morgan fingerprint density at radius 1 is 0.319 bits per heavy atom. The number of nitrogens with zero attached hydrogens (tertiary/aromatic N) is 2. The van der Waals surface area contributed by atoms with E-state index in [1.165, 1.54) is 75.1 Å². The normalized spacial score (nSPS) is 13.7. The Kier molecular flexibility index (Phi) is 10.1. The molecule has 12 aromatic rings. The van der Waals surface area contributed by atoms with Crippen LogP contribution in [0.4, 0.5) is 0 Å². The van der Waals surface area contributed by atoms with Crippen molar-refractivity contribution < 1.29 is 0 Å². The first-order valence-corrected chi connectivity index (χ1v) is 24.3. The second-order valence-corrected chi connectivity index (χ2v) is 18.7.